The van der Waals surface area contributed by atoms with Crippen molar-refractivity contribution in [2.75, 3.05) is 26.7 Å². The van der Waals surface area contributed by atoms with Crippen molar-refractivity contribution in [1.82, 2.24) is 25.1 Å². The molecule has 2 heterocycles. The first-order valence-electron chi connectivity index (χ1n) is 13.0. The van der Waals surface area contributed by atoms with E-state index < -0.39 is 12.2 Å². The van der Waals surface area contributed by atoms with E-state index in [4.69, 9.17) is 11.2 Å². The summed E-state index contributed by atoms with van der Waals surface area (Å²) in [5.41, 5.74) is 1.89. The standard InChI is InChI=1S/C29H35N5O4/c1-4-6-12-25-28(36)31(19-23-13-15-24(38-3)16-14-23)20-26-33(25)27(35)21-32(17-5-2)34(26)29(37)30-18-22-10-8-7-9-11-22/h2,7-11,13-16,25-26H,4,6,12,17-21H2,1,3H3,(H,30,37)/t25-,26-/m0/s1. The summed E-state index contributed by atoms with van der Waals surface area (Å²) in [6, 6.07) is 16.1. The molecule has 1 N–H and O–H groups in total. The second-order valence-electron chi connectivity index (χ2n) is 9.52. The van der Waals surface area contributed by atoms with Crippen LogP contribution in [0.25, 0.3) is 0 Å². The highest BCUT2D eigenvalue weighted by Gasteiger charge is 2.51. The second kappa shape index (κ2) is 12.5. The molecule has 0 aromatic heterocycles. The molecule has 0 radical (unpaired) electrons. The van der Waals surface area contributed by atoms with E-state index in [1.165, 1.54) is 5.01 Å². The van der Waals surface area contributed by atoms with E-state index in [1.807, 2.05) is 54.6 Å². The Bertz CT molecular complexity index is 1160. The van der Waals surface area contributed by atoms with Crippen molar-refractivity contribution in [3.05, 3.63) is 65.7 Å². The quantitative estimate of drug-likeness (QED) is 0.517. The molecule has 0 aliphatic carbocycles. The fourth-order valence-electron chi connectivity index (χ4n) is 5.06. The molecule has 4 rings (SSSR count). The summed E-state index contributed by atoms with van der Waals surface area (Å²) in [5.74, 6) is 3.00. The van der Waals surface area contributed by atoms with Crippen LogP contribution >= 0.6 is 0 Å². The zero-order valence-electron chi connectivity index (χ0n) is 22.0. The minimum absolute atomic E-state index is 0.0617. The van der Waals surface area contributed by atoms with Crippen LogP contribution in [-0.4, -0.2) is 76.6 Å². The average molecular weight is 518 g/mol. The normalized spacial score (nSPS) is 19.7. The maximum atomic E-state index is 13.7. The van der Waals surface area contributed by atoms with Gasteiger partial charge < -0.3 is 19.9 Å². The minimum Gasteiger partial charge on any atom is -0.497 e. The van der Waals surface area contributed by atoms with Gasteiger partial charge in [-0.05, 0) is 29.7 Å². The third kappa shape index (κ3) is 5.92. The van der Waals surface area contributed by atoms with E-state index in [1.54, 1.807) is 21.9 Å². The minimum atomic E-state index is -0.668. The van der Waals surface area contributed by atoms with Gasteiger partial charge in [0, 0.05) is 13.1 Å². The van der Waals surface area contributed by atoms with Gasteiger partial charge in [-0.15, -0.1) is 6.42 Å². The maximum Gasteiger partial charge on any atom is 0.334 e. The number of hydrogen-bond acceptors (Lipinski definition) is 5. The van der Waals surface area contributed by atoms with Crippen LogP contribution in [0.3, 0.4) is 0 Å². The van der Waals surface area contributed by atoms with E-state index in [2.05, 4.69) is 18.2 Å². The number of ether oxygens (including phenoxy) is 1. The number of hydrogen-bond donors (Lipinski definition) is 1. The number of terminal acetylenes is 1. The number of nitrogens with one attached hydrogen (secondary N) is 1. The van der Waals surface area contributed by atoms with Crippen LogP contribution in [0.15, 0.2) is 54.6 Å². The Morgan fingerprint density at radius 3 is 2.50 bits per heavy atom. The molecule has 4 amide bonds. The van der Waals surface area contributed by atoms with Crippen LogP contribution < -0.4 is 10.1 Å². The number of carbonyl (C=O) groups is 3. The Labute approximate surface area is 224 Å². The Morgan fingerprint density at radius 1 is 1.11 bits per heavy atom. The first kappa shape index (κ1) is 27.0. The zero-order chi connectivity index (χ0) is 27.1. The van der Waals surface area contributed by atoms with E-state index in [-0.39, 0.29) is 37.5 Å². The molecule has 2 aliphatic heterocycles. The largest absolute Gasteiger partial charge is 0.497 e. The van der Waals surface area contributed by atoms with Crippen molar-refractivity contribution in [2.45, 2.75) is 51.5 Å². The van der Waals surface area contributed by atoms with Crippen molar-refractivity contribution in [3.8, 4) is 18.1 Å². The third-order valence-electron chi connectivity index (χ3n) is 6.96. The van der Waals surface area contributed by atoms with Gasteiger partial charge in [-0.2, -0.15) is 5.01 Å². The predicted octanol–water partition coefficient (Wildman–Crippen LogP) is 2.83. The summed E-state index contributed by atoms with van der Waals surface area (Å²) in [4.78, 5) is 44.0. The van der Waals surface area contributed by atoms with Crippen LogP contribution in [-0.2, 0) is 22.7 Å². The molecule has 2 aliphatic rings. The fraction of sp³-hybridized carbons (Fsp3) is 0.414. The van der Waals surface area contributed by atoms with Crippen molar-refractivity contribution in [1.29, 1.82) is 0 Å². The molecule has 2 aromatic carbocycles. The van der Waals surface area contributed by atoms with Gasteiger partial charge in [0.1, 0.15) is 18.0 Å². The zero-order valence-corrected chi connectivity index (χ0v) is 22.0. The summed E-state index contributed by atoms with van der Waals surface area (Å²) in [7, 11) is 1.61. The molecule has 0 spiro atoms. The van der Waals surface area contributed by atoms with Gasteiger partial charge in [0.05, 0.1) is 26.7 Å². The average Bonchev–Trinajstić information content (AvgIpc) is 2.93. The van der Waals surface area contributed by atoms with Gasteiger partial charge >= 0.3 is 6.03 Å². The number of amides is 4. The fourth-order valence-corrected chi connectivity index (χ4v) is 5.06. The molecule has 9 nitrogen and oxygen atoms in total. The molecule has 2 aromatic rings. The highest BCUT2D eigenvalue weighted by Crippen LogP contribution is 2.29. The van der Waals surface area contributed by atoms with Gasteiger partial charge in [0.2, 0.25) is 11.8 Å². The number of fused-ring (bicyclic) bond motifs is 1. The van der Waals surface area contributed by atoms with Crippen molar-refractivity contribution < 1.29 is 19.1 Å². The molecule has 2 fully saturated rings. The molecule has 0 bridgehead atoms. The lowest BCUT2D eigenvalue weighted by Gasteiger charge is -2.55. The SMILES string of the molecule is C#CCN1CC(=O)N2[C@@H](CCCC)C(=O)N(Cc3ccc(OC)cc3)C[C@@H]2N1C(=O)NCc1ccccc1. The molecule has 38 heavy (non-hydrogen) atoms. The number of unbranched alkanes of at least 4 members (excludes halogenated alkanes) is 1. The number of benzene rings is 2. The Balaban J connectivity index is 1.63. The third-order valence-corrected chi connectivity index (χ3v) is 6.96. The topological polar surface area (TPSA) is 85.4 Å². The summed E-state index contributed by atoms with van der Waals surface area (Å²) >= 11 is 0. The van der Waals surface area contributed by atoms with E-state index in [0.717, 1.165) is 29.7 Å². The van der Waals surface area contributed by atoms with Crippen LogP contribution in [0.2, 0.25) is 0 Å². The molecule has 0 saturated carbocycles. The van der Waals surface area contributed by atoms with E-state index in [9.17, 15) is 14.4 Å². The molecule has 9 heteroatoms. The van der Waals surface area contributed by atoms with Gasteiger partial charge in [-0.3, -0.25) is 9.59 Å². The summed E-state index contributed by atoms with van der Waals surface area (Å²) in [5, 5.41) is 6.11. The van der Waals surface area contributed by atoms with Crippen LogP contribution in [0, 0.1) is 12.3 Å². The second-order valence-corrected chi connectivity index (χ2v) is 9.52. The smallest absolute Gasteiger partial charge is 0.334 e. The van der Waals surface area contributed by atoms with E-state index >= 15 is 0 Å². The number of nitrogens with zero attached hydrogens (tertiary/aromatic N) is 4. The highest BCUT2D eigenvalue weighted by molar-refractivity contribution is 5.91. The first-order chi connectivity index (χ1) is 18.5. The number of methoxy groups -OCH3 is 1. The van der Waals surface area contributed by atoms with Crippen LogP contribution in [0.1, 0.15) is 37.3 Å². The summed E-state index contributed by atoms with van der Waals surface area (Å²) < 4.78 is 5.26. The molecular weight excluding hydrogens is 482 g/mol. The molecular formula is C29H35N5O4. The Morgan fingerprint density at radius 2 is 1.84 bits per heavy atom. The number of hydrazine groups is 1. The lowest BCUT2D eigenvalue weighted by molar-refractivity contribution is -0.189. The van der Waals surface area contributed by atoms with Crippen LogP contribution in [0.5, 0.6) is 5.75 Å². The van der Waals surface area contributed by atoms with Crippen molar-refractivity contribution in [3.63, 3.8) is 0 Å². The Kier molecular flexibility index (Phi) is 8.87. The lowest BCUT2D eigenvalue weighted by atomic mass is 10.0. The maximum absolute atomic E-state index is 13.7. The van der Waals surface area contributed by atoms with Gasteiger partial charge in [-0.1, -0.05) is 68.2 Å². The number of piperazine rings is 1. The molecule has 2 saturated heterocycles. The lowest BCUT2D eigenvalue weighted by Crippen LogP contribution is -2.76. The van der Waals surface area contributed by atoms with E-state index in [0.29, 0.717) is 19.5 Å². The number of rotatable bonds is 9. The van der Waals surface area contributed by atoms with Crippen LogP contribution in [0.4, 0.5) is 4.79 Å². The molecule has 200 valence electrons. The molecule has 2 atom stereocenters. The monoisotopic (exact) mass is 517 g/mol. The van der Waals surface area contributed by atoms with Gasteiger partial charge in [0.15, 0.2) is 0 Å². The van der Waals surface area contributed by atoms with Crippen molar-refractivity contribution in [2.24, 2.45) is 0 Å². The van der Waals surface area contributed by atoms with Crippen molar-refractivity contribution >= 4 is 17.8 Å². The summed E-state index contributed by atoms with van der Waals surface area (Å²) in [6.07, 6.45) is 7.16. The summed E-state index contributed by atoms with van der Waals surface area (Å²) in [6.45, 7) is 2.96. The highest BCUT2D eigenvalue weighted by atomic mass is 16.5. The molecule has 0 unspecified atom stereocenters. The van der Waals surface area contributed by atoms with Gasteiger partial charge in [0.25, 0.3) is 0 Å². The Hall–Kier alpha value is -4.03. The number of urea groups is 1. The van der Waals surface area contributed by atoms with Gasteiger partial charge in [-0.25, -0.2) is 9.80 Å². The number of carbonyl (C=O) groups excluding carboxylic acids is 3. The first-order valence-corrected chi connectivity index (χ1v) is 13.0. The predicted molar refractivity (Wildman–Crippen MR) is 143 cm³/mol.